The van der Waals surface area contributed by atoms with Crippen molar-refractivity contribution in [1.29, 1.82) is 0 Å². The molecule has 106 valence electrons. The summed E-state index contributed by atoms with van der Waals surface area (Å²) in [5.74, 6) is 0.710. The van der Waals surface area contributed by atoms with Gasteiger partial charge in [-0.3, -0.25) is 4.79 Å². The van der Waals surface area contributed by atoms with Crippen molar-refractivity contribution >= 4 is 11.6 Å². The van der Waals surface area contributed by atoms with Crippen molar-refractivity contribution in [2.24, 2.45) is 5.92 Å². The molecule has 1 aliphatic rings. The van der Waals surface area contributed by atoms with Gasteiger partial charge in [0, 0.05) is 5.69 Å². The quantitative estimate of drug-likeness (QED) is 0.632. The number of anilines is 1. The Balaban J connectivity index is 1.95. The second-order valence-electron chi connectivity index (χ2n) is 5.02. The Hall–Kier alpha value is -2.55. The summed E-state index contributed by atoms with van der Waals surface area (Å²) in [5.41, 5.74) is 2.01. The fourth-order valence-corrected chi connectivity index (χ4v) is 2.78. The number of methoxy groups -OCH3 is 1. The summed E-state index contributed by atoms with van der Waals surface area (Å²) in [4.78, 5) is 14.2. The van der Waals surface area contributed by atoms with Crippen molar-refractivity contribution in [3.63, 3.8) is 0 Å². The SMILES string of the molecule is C=C[C@@H]1C(=O)N(c2ccc(OC)cc2)[C@H]1c1ccccc1. The first kappa shape index (κ1) is 13.4. The summed E-state index contributed by atoms with van der Waals surface area (Å²) in [5, 5.41) is 0. The van der Waals surface area contributed by atoms with Gasteiger partial charge < -0.3 is 9.64 Å². The fourth-order valence-electron chi connectivity index (χ4n) is 2.78. The Morgan fingerprint density at radius 3 is 2.33 bits per heavy atom. The van der Waals surface area contributed by atoms with E-state index in [1.54, 1.807) is 13.2 Å². The summed E-state index contributed by atoms with van der Waals surface area (Å²) in [6.45, 7) is 3.80. The van der Waals surface area contributed by atoms with Crippen LogP contribution in [0.2, 0.25) is 0 Å². The lowest BCUT2D eigenvalue weighted by molar-refractivity contribution is -0.128. The summed E-state index contributed by atoms with van der Waals surface area (Å²) in [6.07, 6.45) is 1.74. The zero-order valence-corrected chi connectivity index (χ0v) is 11.9. The minimum Gasteiger partial charge on any atom is -0.497 e. The van der Waals surface area contributed by atoms with Crippen LogP contribution in [0.25, 0.3) is 0 Å². The highest BCUT2D eigenvalue weighted by Crippen LogP contribution is 2.44. The van der Waals surface area contributed by atoms with Crippen LogP contribution in [0, 0.1) is 5.92 Å². The molecule has 0 N–H and O–H groups in total. The molecule has 2 atom stereocenters. The third-order valence-corrected chi connectivity index (χ3v) is 3.89. The fraction of sp³-hybridized carbons (Fsp3) is 0.167. The number of benzene rings is 2. The minimum atomic E-state index is -0.158. The first-order valence-electron chi connectivity index (χ1n) is 6.91. The second kappa shape index (κ2) is 5.44. The van der Waals surface area contributed by atoms with Gasteiger partial charge in [-0.15, -0.1) is 6.58 Å². The molecule has 21 heavy (non-hydrogen) atoms. The van der Waals surface area contributed by atoms with Crippen molar-refractivity contribution in [2.75, 3.05) is 12.0 Å². The van der Waals surface area contributed by atoms with Crippen LogP contribution < -0.4 is 9.64 Å². The standard InChI is InChI=1S/C18H17NO2/c1-3-16-17(13-7-5-4-6-8-13)19(18(16)20)14-9-11-15(21-2)12-10-14/h3-12,16-17H,1H2,2H3/t16-,17-/m0/s1. The van der Waals surface area contributed by atoms with Gasteiger partial charge >= 0.3 is 0 Å². The van der Waals surface area contributed by atoms with E-state index in [1.807, 2.05) is 59.5 Å². The van der Waals surface area contributed by atoms with Crippen molar-refractivity contribution < 1.29 is 9.53 Å². The average Bonchev–Trinajstić information content (AvgIpc) is 2.54. The summed E-state index contributed by atoms with van der Waals surface area (Å²) < 4.78 is 5.16. The number of carbonyl (C=O) groups is 1. The third-order valence-electron chi connectivity index (χ3n) is 3.89. The van der Waals surface area contributed by atoms with E-state index >= 15 is 0 Å². The molecule has 1 saturated heterocycles. The van der Waals surface area contributed by atoms with Crippen LogP contribution >= 0.6 is 0 Å². The van der Waals surface area contributed by atoms with Crippen LogP contribution in [0.1, 0.15) is 11.6 Å². The van der Waals surface area contributed by atoms with Gasteiger partial charge in [0.1, 0.15) is 5.75 Å². The van der Waals surface area contributed by atoms with Gasteiger partial charge in [-0.25, -0.2) is 0 Å². The van der Waals surface area contributed by atoms with Crippen molar-refractivity contribution in [3.8, 4) is 5.75 Å². The van der Waals surface area contributed by atoms with Crippen LogP contribution in [0.4, 0.5) is 5.69 Å². The molecule has 0 saturated carbocycles. The highest BCUT2D eigenvalue weighted by molar-refractivity contribution is 6.04. The smallest absolute Gasteiger partial charge is 0.236 e. The second-order valence-corrected chi connectivity index (χ2v) is 5.02. The third kappa shape index (κ3) is 2.21. The number of hydrogen-bond acceptors (Lipinski definition) is 2. The van der Waals surface area contributed by atoms with Gasteiger partial charge in [0.05, 0.1) is 19.1 Å². The molecule has 0 radical (unpaired) electrons. The normalized spacial score (nSPS) is 20.8. The minimum absolute atomic E-state index is 0.0181. The molecule has 1 fully saturated rings. The van der Waals surface area contributed by atoms with Crippen LogP contribution in [0.15, 0.2) is 67.3 Å². The molecule has 3 heteroatoms. The maximum atomic E-state index is 12.4. The molecule has 3 nitrogen and oxygen atoms in total. The predicted octanol–water partition coefficient (Wildman–Crippen LogP) is 3.59. The molecule has 0 spiro atoms. The monoisotopic (exact) mass is 279 g/mol. The van der Waals surface area contributed by atoms with Crippen LogP contribution in [0.5, 0.6) is 5.75 Å². The number of nitrogens with zero attached hydrogens (tertiary/aromatic N) is 1. The van der Waals surface area contributed by atoms with E-state index in [4.69, 9.17) is 4.74 Å². The average molecular weight is 279 g/mol. The van der Waals surface area contributed by atoms with E-state index < -0.39 is 0 Å². The van der Waals surface area contributed by atoms with Gasteiger partial charge in [0.25, 0.3) is 0 Å². The maximum absolute atomic E-state index is 12.4. The Labute approximate surface area is 124 Å². The lowest BCUT2D eigenvalue weighted by Gasteiger charge is -2.46. The first-order valence-corrected chi connectivity index (χ1v) is 6.91. The van der Waals surface area contributed by atoms with Gasteiger partial charge in [-0.1, -0.05) is 36.4 Å². The number of ether oxygens (including phenoxy) is 1. The molecular formula is C18H17NO2. The highest BCUT2D eigenvalue weighted by Gasteiger charge is 2.46. The molecule has 1 aliphatic heterocycles. The van der Waals surface area contributed by atoms with Gasteiger partial charge in [0.15, 0.2) is 0 Å². The van der Waals surface area contributed by atoms with Crippen LogP contribution in [-0.4, -0.2) is 13.0 Å². The van der Waals surface area contributed by atoms with Crippen molar-refractivity contribution in [2.45, 2.75) is 6.04 Å². The Morgan fingerprint density at radius 2 is 1.76 bits per heavy atom. The molecule has 1 heterocycles. The van der Waals surface area contributed by atoms with Crippen LogP contribution in [0.3, 0.4) is 0 Å². The summed E-state index contributed by atoms with van der Waals surface area (Å²) in [6, 6.07) is 17.6. The van der Waals surface area contributed by atoms with Crippen molar-refractivity contribution in [3.05, 3.63) is 72.8 Å². The molecule has 0 aliphatic carbocycles. The van der Waals surface area contributed by atoms with Crippen LogP contribution in [-0.2, 0) is 4.79 Å². The summed E-state index contributed by atoms with van der Waals surface area (Å²) >= 11 is 0. The molecule has 0 bridgehead atoms. The van der Waals surface area contributed by atoms with E-state index in [1.165, 1.54) is 0 Å². The zero-order chi connectivity index (χ0) is 14.8. The molecule has 0 aromatic heterocycles. The number of carbonyl (C=O) groups excluding carboxylic acids is 1. The van der Waals surface area contributed by atoms with E-state index in [2.05, 4.69) is 6.58 Å². The largest absolute Gasteiger partial charge is 0.497 e. The lowest BCUT2D eigenvalue weighted by Crippen LogP contribution is -2.54. The van der Waals surface area contributed by atoms with E-state index in [0.717, 1.165) is 17.0 Å². The highest BCUT2D eigenvalue weighted by atomic mass is 16.5. The van der Waals surface area contributed by atoms with Crippen molar-refractivity contribution in [1.82, 2.24) is 0 Å². The predicted molar refractivity (Wildman–Crippen MR) is 83.4 cm³/mol. The number of amides is 1. The number of hydrogen-bond donors (Lipinski definition) is 0. The van der Waals surface area contributed by atoms with Gasteiger partial charge in [0.2, 0.25) is 5.91 Å². The van der Waals surface area contributed by atoms with E-state index in [0.29, 0.717) is 0 Å². The van der Waals surface area contributed by atoms with Gasteiger partial charge in [-0.2, -0.15) is 0 Å². The number of rotatable bonds is 4. The van der Waals surface area contributed by atoms with E-state index in [-0.39, 0.29) is 17.9 Å². The Morgan fingerprint density at radius 1 is 1.10 bits per heavy atom. The molecule has 1 amide bonds. The topological polar surface area (TPSA) is 29.5 Å². The molecular weight excluding hydrogens is 262 g/mol. The maximum Gasteiger partial charge on any atom is 0.236 e. The number of β-lactam (4-membered cyclic amide) rings is 1. The van der Waals surface area contributed by atoms with E-state index in [9.17, 15) is 4.79 Å². The Bertz CT molecular complexity index is 649. The first-order chi connectivity index (χ1) is 10.3. The summed E-state index contributed by atoms with van der Waals surface area (Å²) in [7, 11) is 1.63. The molecule has 0 unspecified atom stereocenters. The lowest BCUT2D eigenvalue weighted by atomic mass is 9.82. The Kier molecular flexibility index (Phi) is 3.48. The van der Waals surface area contributed by atoms with Gasteiger partial charge in [-0.05, 0) is 29.8 Å². The zero-order valence-electron chi connectivity index (χ0n) is 11.9. The molecule has 3 rings (SSSR count). The molecule has 2 aromatic rings. The molecule has 2 aromatic carbocycles.